The second-order valence-corrected chi connectivity index (χ2v) is 24.2. The Labute approximate surface area is 478 Å². The monoisotopic (exact) mass is 1050 g/mol. The maximum absolute atomic E-state index is 2.60. The van der Waals surface area contributed by atoms with Crippen molar-refractivity contribution >= 4 is 110 Å². The molecule has 11 aromatic carbocycles. The fourth-order valence-corrected chi connectivity index (χ4v) is 15.0. The van der Waals surface area contributed by atoms with E-state index >= 15 is 0 Å². The second-order valence-electron chi connectivity index (χ2n) is 24.2. The summed E-state index contributed by atoms with van der Waals surface area (Å²) in [7, 11) is 0. The van der Waals surface area contributed by atoms with Crippen LogP contribution in [0.3, 0.4) is 0 Å². The third-order valence-corrected chi connectivity index (χ3v) is 19.0. The van der Waals surface area contributed by atoms with Crippen molar-refractivity contribution in [3.63, 3.8) is 0 Å². The van der Waals surface area contributed by atoms with Gasteiger partial charge in [0, 0.05) is 65.6 Å². The Balaban J connectivity index is 0.932. The summed E-state index contributed by atoms with van der Waals surface area (Å²) in [4.78, 5) is 5.18. The maximum atomic E-state index is 2.60. The first kappa shape index (κ1) is 47.4. The van der Waals surface area contributed by atoms with Crippen LogP contribution in [0.1, 0.15) is 85.8 Å². The van der Waals surface area contributed by atoms with Gasteiger partial charge < -0.3 is 18.6 Å². The molecule has 2 aliphatic carbocycles. The van der Waals surface area contributed by atoms with Crippen molar-refractivity contribution in [2.45, 2.75) is 78.1 Å². The van der Waals surface area contributed by atoms with Gasteiger partial charge in [-0.05, 0) is 180 Å². The minimum Gasteiger partial charge on any atom is -0.309 e. The summed E-state index contributed by atoms with van der Waals surface area (Å²) in [5.41, 5.74) is 28.1. The van der Waals surface area contributed by atoms with Crippen LogP contribution in [-0.2, 0) is 25.7 Å². The summed E-state index contributed by atoms with van der Waals surface area (Å²) >= 11 is 0. The molecule has 0 bridgehead atoms. The number of para-hydroxylation sites is 2. The number of hydrogen-bond donors (Lipinski definition) is 0. The van der Waals surface area contributed by atoms with Crippen LogP contribution in [0.15, 0.2) is 218 Å². The molecule has 2 aliphatic rings. The lowest BCUT2D eigenvalue weighted by Crippen LogP contribution is -2.12. The van der Waals surface area contributed by atoms with Crippen molar-refractivity contribution in [3.8, 4) is 22.3 Å². The van der Waals surface area contributed by atoms with Crippen LogP contribution in [0.25, 0.3) is 98.4 Å². The summed E-state index contributed by atoms with van der Waals surface area (Å²) < 4.78 is 5.19. The Morgan fingerprint density at radius 1 is 0.317 bits per heavy atom. The fourth-order valence-electron chi connectivity index (χ4n) is 15.0. The highest BCUT2D eigenvalue weighted by Crippen LogP contribution is 2.54. The smallest absolute Gasteiger partial charge is 0.0641 e. The zero-order valence-corrected chi connectivity index (χ0v) is 47.0. The Morgan fingerprint density at radius 2 is 0.720 bits per heavy atom. The van der Waals surface area contributed by atoms with Crippen LogP contribution in [0, 0.1) is 0 Å². The van der Waals surface area contributed by atoms with E-state index in [0.717, 1.165) is 25.7 Å². The largest absolute Gasteiger partial charge is 0.309 e. The van der Waals surface area contributed by atoms with Gasteiger partial charge in [0.15, 0.2) is 0 Å². The molecule has 0 saturated heterocycles. The normalized spacial score (nSPS) is 13.5. The molecule has 0 saturated carbocycles. The first-order valence-electron chi connectivity index (χ1n) is 29.9. The van der Waals surface area contributed by atoms with E-state index in [9.17, 15) is 0 Å². The molecule has 0 atom stereocenters. The number of rotatable bonds is 10. The van der Waals surface area contributed by atoms with Crippen molar-refractivity contribution in [2.24, 2.45) is 0 Å². The number of fused-ring (bicyclic) bond motifs is 14. The number of aryl methyl sites for hydroxylation is 4. The lowest BCUT2D eigenvalue weighted by atomic mass is 9.94. The van der Waals surface area contributed by atoms with E-state index < -0.39 is 0 Å². The Morgan fingerprint density at radius 3 is 1.16 bits per heavy atom. The van der Waals surface area contributed by atoms with Gasteiger partial charge >= 0.3 is 0 Å². The van der Waals surface area contributed by atoms with Gasteiger partial charge in [-0.1, -0.05) is 161 Å². The summed E-state index contributed by atoms with van der Waals surface area (Å²) in [5.74, 6) is 0.783. The highest BCUT2D eigenvalue weighted by Gasteiger charge is 2.31. The van der Waals surface area contributed by atoms with Crippen LogP contribution < -0.4 is 9.80 Å². The predicted octanol–water partition coefficient (Wildman–Crippen LogP) is 21.5. The van der Waals surface area contributed by atoms with E-state index in [4.69, 9.17) is 0 Å². The zero-order valence-electron chi connectivity index (χ0n) is 47.0. The molecule has 0 aliphatic heterocycles. The molecule has 4 nitrogen and oxygen atoms in total. The average Bonchev–Trinajstić information content (AvgIpc) is 3.78. The van der Waals surface area contributed by atoms with Gasteiger partial charge in [0.1, 0.15) is 0 Å². The standard InChI is InChI=1S/C78H62N4/c1-47(2)53-31-37-69(63(43-53)51-17-7-5-8-18-51)79(57-33-29-49-21-15-23-55(49)41-57)71-39-35-59-65-45-74-66(46-73(65)81-67-27-13-11-25-61(67)75(71)77(59)81)60-36-40-72(76-62-26-12-14-28-68(62)82(74)78(60)76)80(58-34-30-50-22-16-24-56(50)42-58)70-38-32-54(48(3)4)44-64(70)52-19-9-6-10-20-52/h5-14,17-20,25-48H,15-16,21-24H2,1-4H3. The van der Waals surface area contributed by atoms with Crippen LogP contribution >= 0.6 is 0 Å². The van der Waals surface area contributed by atoms with Crippen molar-refractivity contribution in [3.05, 3.63) is 252 Å². The zero-order chi connectivity index (χ0) is 54.5. The Hall–Kier alpha value is -9.38. The van der Waals surface area contributed by atoms with E-state index in [-0.39, 0.29) is 0 Å². The van der Waals surface area contributed by atoms with E-state index in [1.807, 2.05) is 0 Å². The summed E-state index contributed by atoms with van der Waals surface area (Å²) in [5, 5.41) is 10.1. The van der Waals surface area contributed by atoms with E-state index in [1.165, 1.54) is 179 Å². The molecule has 0 fully saturated rings. The van der Waals surface area contributed by atoms with E-state index in [1.54, 1.807) is 0 Å². The molecule has 0 radical (unpaired) electrons. The molecule has 0 unspecified atom stereocenters. The van der Waals surface area contributed by atoms with Crippen molar-refractivity contribution in [1.82, 2.24) is 8.80 Å². The minimum absolute atomic E-state index is 0.392. The lowest BCUT2D eigenvalue weighted by molar-refractivity contribution is 0.867. The van der Waals surface area contributed by atoms with Crippen molar-refractivity contribution < 1.29 is 0 Å². The molecule has 82 heavy (non-hydrogen) atoms. The van der Waals surface area contributed by atoms with E-state index in [0.29, 0.717) is 11.8 Å². The van der Waals surface area contributed by atoms with Gasteiger partial charge in [-0.3, -0.25) is 0 Å². The Kier molecular flexibility index (Phi) is 10.4. The molecule has 17 rings (SSSR count). The Bertz CT molecular complexity index is 4740. The number of anilines is 6. The van der Waals surface area contributed by atoms with Gasteiger partial charge in [-0.25, -0.2) is 0 Å². The molecule has 394 valence electrons. The topological polar surface area (TPSA) is 15.3 Å². The molecule has 0 N–H and O–H groups in total. The van der Waals surface area contributed by atoms with Gasteiger partial charge in [-0.15, -0.1) is 0 Å². The SMILES string of the molecule is CC(C)c1ccc(N(c2ccc3c(c2)CCC3)c2ccc3c4cc5c(cc4n4c6ccccc6c2c34)c2ccc(N(c3ccc4c(c3)CCC4)c3ccc(C(C)C)cc3-c3ccccc3)c3c4ccccc4n5c23)c(-c2ccccc2)c1. The molecule has 4 aromatic heterocycles. The third-order valence-electron chi connectivity index (χ3n) is 19.0. The number of aromatic nitrogens is 2. The summed E-state index contributed by atoms with van der Waals surface area (Å²) in [6.45, 7) is 9.22. The van der Waals surface area contributed by atoms with Crippen molar-refractivity contribution in [2.75, 3.05) is 9.80 Å². The number of nitrogens with zero attached hydrogens (tertiary/aromatic N) is 4. The number of benzene rings is 11. The van der Waals surface area contributed by atoms with Crippen LogP contribution in [0.5, 0.6) is 0 Å². The highest BCUT2D eigenvalue weighted by atomic mass is 15.2. The average molecular weight is 1060 g/mol. The molecular weight excluding hydrogens is 993 g/mol. The minimum atomic E-state index is 0.392. The lowest BCUT2D eigenvalue weighted by Gasteiger charge is -2.30. The summed E-state index contributed by atoms with van der Waals surface area (Å²) in [6.07, 6.45) is 6.94. The van der Waals surface area contributed by atoms with Gasteiger partial charge in [0.2, 0.25) is 0 Å². The van der Waals surface area contributed by atoms with Crippen LogP contribution in [0.4, 0.5) is 34.1 Å². The molecule has 15 aromatic rings. The molecule has 4 heterocycles. The second kappa shape index (κ2) is 18.1. The van der Waals surface area contributed by atoms with Gasteiger partial charge in [0.05, 0.1) is 55.8 Å². The first-order valence-corrected chi connectivity index (χ1v) is 29.9. The van der Waals surface area contributed by atoms with Crippen LogP contribution in [-0.4, -0.2) is 8.80 Å². The summed E-state index contributed by atoms with van der Waals surface area (Å²) in [6, 6.07) is 84.1. The number of hydrogen-bond acceptors (Lipinski definition) is 2. The van der Waals surface area contributed by atoms with Gasteiger partial charge in [0.25, 0.3) is 0 Å². The first-order chi connectivity index (χ1) is 40.3. The third kappa shape index (κ3) is 6.91. The van der Waals surface area contributed by atoms with Crippen LogP contribution in [0.2, 0.25) is 0 Å². The maximum Gasteiger partial charge on any atom is 0.0641 e. The molecular formula is C78H62N4. The molecule has 4 heteroatoms. The predicted molar refractivity (Wildman–Crippen MR) is 348 cm³/mol. The molecule has 0 amide bonds. The highest BCUT2D eigenvalue weighted by molar-refractivity contribution is 6.32. The molecule has 0 spiro atoms. The van der Waals surface area contributed by atoms with E-state index in [2.05, 4.69) is 265 Å². The van der Waals surface area contributed by atoms with Crippen molar-refractivity contribution in [1.29, 1.82) is 0 Å². The quantitative estimate of drug-likeness (QED) is 0.136. The van der Waals surface area contributed by atoms with Gasteiger partial charge in [-0.2, -0.15) is 0 Å². The fraction of sp³-hybridized carbons (Fsp3) is 0.154.